The lowest BCUT2D eigenvalue weighted by Crippen LogP contribution is -2.20. The molecule has 7 nitrogen and oxygen atoms in total. The van der Waals surface area contributed by atoms with E-state index in [-0.39, 0.29) is 11.6 Å². The molecule has 1 aromatic carbocycles. The number of hydrogen-bond donors (Lipinski definition) is 2. The van der Waals surface area contributed by atoms with Crippen LogP contribution in [0.1, 0.15) is 18.5 Å². The van der Waals surface area contributed by atoms with Crippen LogP contribution in [0.2, 0.25) is 5.02 Å². The van der Waals surface area contributed by atoms with Gasteiger partial charge < -0.3 is 10.3 Å². The number of nitrogens with zero attached hydrogens (tertiary/aromatic N) is 4. The Morgan fingerprint density at radius 2 is 2.12 bits per heavy atom. The fourth-order valence-electron chi connectivity index (χ4n) is 2.74. The molecule has 26 heavy (non-hydrogen) atoms. The molecule has 8 heteroatoms. The molecule has 0 amide bonds. The normalized spacial score (nSPS) is 12.2. The first kappa shape index (κ1) is 16.3. The molecular weight excluding hydrogens is 352 g/mol. The van der Waals surface area contributed by atoms with Gasteiger partial charge in [0, 0.05) is 40.1 Å². The number of imidazole rings is 1. The van der Waals surface area contributed by atoms with Crippen molar-refractivity contribution in [1.29, 1.82) is 0 Å². The topological polar surface area (TPSA) is 88.5 Å². The molecule has 0 saturated heterocycles. The lowest BCUT2D eigenvalue weighted by molar-refractivity contribution is 0.838. The predicted molar refractivity (Wildman–Crippen MR) is 101 cm³/mol. The Bertz CT molecular complexity index is 1120. The number of aromatic amines is 1. The van der Waals surface area contributed by atoms with Gasteiger partial charge in [-0.3, -0.25) is 9.36 Å². The van der Waals surface area contributed by atoms with E-state index in [2.05, 4.69) is 25.3 Å². The lowest BCUT2D eigenvalue weighted by Gasteiger charge is -2.14. The molecule has 3 heterocycles. The Hall–Kier alpha value is -3.19. The monoisotopic (exact) mass is 366 g/mol. The van der Waals surface area contributed by atoms with Gasteiger partial charge in [-0.1, -0.05) is 11.6 Å². The van der Waals surface area contributed by atoms with Crippen molar-refractivity contribution in [2.75, 3.05) is 5.32 Å². The van der Waals surface area contributed by atoms with Gasteiger partial charge in [-0.2, -0.15) is 4.98 Å². The molecule has 0 fully saturated rings. The maximum Gasteiger partial charge on any atom is 0.253 e. The van der Waals surface area contributed by atoms with Crippen molar-refractivity contribution in [3.8, 4) is 5.82 Å². The zero-order chi connectivity index (χ0) is 18.1. The summed E-state index contributed by atoms with van der Waals surface area (Å²) < 4.78 is 1.78. The summed E-state index contributed by atoms with van der Waals surface area (Å²) in [6.07, 6.45) is 6.79. The van der Waals surface area contributed by atoms with Crippen LogP contribution in [-0.2, 0) is 0 Å². The van der Waals surface area contributed by atoms with Crippen LogP contribution in [0.25, 0.3) is 16.7 Å². The highest BCUT2D eigenvalue weighted by atomic mass is 35.5. The van der Waals surface area contributed by atoms with E-state index in [0.717, 1.165) is 10.9 Å². The highest BCUT2D eigenvalue weighted by molar-refractivity contribution is 6.31. The van der Waals surface area contributed by atoms with Gasteiger partial charge in [0.1, 0.15) is 12.1 Å². The van der Waals surface area contributed by atoms with Crippen molar-refractivity contribution in [2.24, 2.45) is 0 Å². The van der Waals surface area contributed by atoms with Gasteiger partial charge in [0.25, 0.3) is 5.56 Å². The number of anilines is 1. The third-order valence-corrected chi connectivity index (χ3v) is 4.29. The number of pyridine rings is 1. The van der Waals surface area contributed by atoms with Gasteiger partial charge in [0.2, 0.25) is 5.95 Å². The molecule has 130 valence electrons. The predicted octanol–water partition coefficient (Wildman–Crippen LogP) is 3.33. The van der Waals surface area contributed by atoms with Gasteiger partial charge in [0.05, 0.1) is 6.04 Å². The highest BCUT2D eigenvalue weighted by Crippen LogP contribution is 2.21. The van der Waals surface area contributed by atoms with Crippen LogP contribution < -0.4 is 10.9 Å². The molecule has 1 unspecified atom stereocenters. The maximum atomic E-state index is 12.4. The second-order valence-electron chi connectivity index (χ2n) is 5.86. The lowest BCUT2D eigenvalue weighted by atomic mass is 10.1. The van der Waals surface area contributed by atoms with E-state index in [0.29, 0.717) is 22.4 Å². The van der Waals surface area contributed by atoms with Crippen LogP contribution in [0, 0.1) is 0 Å². The van der Waals surface area contributed by atoms with Gasteiger partial charge >= 0.3 is 0 Å². The summed E-state index contributed by atoms with van der Waals surface area (Å²) >= 11 is 6.05. The first-order chi connectivity index (χ1) is 12.6. The zero-order valence-electron chi connectivity index (χ0n) is 13.8. The quantitative estimate of drug-likeness (QED) is 0.578. The second-order valence-corrected chi connectivity index (χ2v) is 6.30. The molecular formula is C18H15ClN6O. The minimum absolute atomic E-state index is 0.161. The van der Waals surface area contributed by atoms with Crippen molar-refractivity contribution >= 4 is 28.5 Å². The minimum Gasteiger partial charge on any atom is -0.347 e. The molecule has 0 spiro atoms. The van der Waals surface area contributed by atoms with Gasteiger partial charge in [-0.25, -0.2) is 9.97 Å². The number of benzene rings is 1. The summed E-state index contributed by atoms with van der Waals surface area (Å²) in [5, 5.41) is 4.66. The summed E-state index contributed by atoms with van der Waals surface area (Å²) in [5.41, 5.74) is 1.16. The van der Waals surface area contributed by atoms with Crippen LogP contribution in [0.5, 0.6) is 0 Å². The number of hydrogen-bond acceptors (Lipinski definition) is 5. The molecule has 4 rings (SSSR count). The summed E-state index contributed by atoms with van der Waals surface area (Å²) in [6, 6.07) is 8.68. The van der Waals surface area contributed by atoms with Crippen LogP contribution in [0.3, 0.4) is 0 Å². The summed E-state index contributed by atoms with van der Waals surface area (Å²) in [4.78, 5) is 28.0. The van der Waals surface area contributed by atoms with Crippen LogP contribution in [0.15, 0.2) is 60.0 Å². The van der Waals surface area contributed by atoms with Crippen LogP contribution in [0.4, 0.5) is 5.95 Å². The first-order valence-corrected chi connectivity index (χ1v) is 8.38. The van der Waals surface area contributed by atoms with Crippen molar-refractivity contribution in [3.63, 3.8) is 0 Å². The molecule has 0 radical (unpaired) electrons. The van der Waals surface area contributed by atoms with Crippen molar-refractivity contribution in [1.82, 2.24) is 24.5 Å². The summed E-state index contributed by atoms with van der Waals surface area (Å²) in [7, 11) is 0. The molecule has 0 bridgehead atoms. The molecule has 0 saturated carbocycles. The van der Waals surface area contributed by atoms with Crippen LogP contribution in [-0.4, -0.2) is 24.5 Å². The number of fused-ring (bicyclic) bond motifs is 1. The Morgan fingerprint density at radius 3 is 2.92 bits per heavy atom. The van der Waals surface area contributed by atoms with E-state index in [4.69, 9.17) is 11.6 Å². The van der Waals surface area contributed by atoms with Gasteiger partial charge in [-0.05, 0) is 37.3 Å². The molecule has 0 aliphatic carbocycles. The van der Waals surface area contributed by atoms with E-state index >= 15 is 0 Å². The minimum atomic E-state index is -0.292. The third kappa shape index (κ3) is 3.16. The van der Waals surface area contributed by atoms with E-state index in [1.165, 1.54) is 0 Å². The smallest absolute Gasteiger partial charge is 0.253 e. The average molecular weight is 367 g/mol. The maximum absolute atomic E-state index is 12.4. The van der Waals surface area contributed by atoms with Crippen molar-refractivity contribution in [2.45, 2.75) is 13.0 Å². The van der Waals surface area contributed by atoms with E-state index < -0.39 is 0 Å². The molecule has 3 aromatic heterocycles. The molecule has 0 aliphatic heterocycles. The fourth-order valence-corrected chi connectivity index (χ4v) is 2.93. The number of aromatic nitrogens is 5. The number of halogens is 1. The second kappa shape index (κ2) is 6.61. The molecule has 2 N–H and O–H groups in total. The SMILES string of the molecule is CC(Nc1nccc(-n2ccnc2)n1)c1cc2cc(Cl)ccc2[nH]c1=O. The standard InChI is InChI=1S/C18H15ClN6O/c1-11(14-9-12-8-13(19)2-3-15(12)23-17(14)26)22-18-21-5-4-16(24-18)25-7-6-20-10-25/h2-11H,1H3,(H,23,26)(H,21,22,24). The summed E-state index contributed by atoms with van der Waals surface area (Å²) in [5.74, 6) is 1.11. The Kier molecular flexibility index (Phi) is 4.14. The van der Waals surface area contributed by atoms with Gasteiger partial charge in [-0.15, -0.1) is 0 Å². The average Bonchev–Trinajstić information content (AvgIpc) is 3.16. The molecule has 0 aliphatic rings. The number of rotatable bonds is 4. The zero-order valence-corrected chi connectivity index (χ0v) is 14.6. The van der Waals surface area contributed by atoms with Crippen molar-refractivity contribution in [3.05, 3.63) is 76.2 Å². The number of H-pyrrole nitrogens is 1. The first-order valence-electron chi connectivity index (χ1n) is 8.00. The fraction of sp³-hybridized carbons (Fsp3) is 0.111. The van der Waals surface area contributed by atoms with Gasteiger partial charge in [0.15, 0.2) is 0 Å². The van der Waals surface area contributed by atoms with Crippen molar-refractivity contribution < 1.29 is 0 Å². The van der Waals surface area contributed by atoms with E-state index in [1.54, 1.807) is 47.7 Å². The van der Waals surface area contributed by atoms with E-state index in [9.17, 15) is 4.79 Å². The summed E-state index contributed by atoms with van der Waals surface area (Å²) in [6.45, 7) is 1.88. The Balaban J connectivity index is 1.65. The van der Waals surface area contributed by atoms with E-state index in [1.807, 2.05) is 19.1 Å². The highest BCUT2D eigenvalue weighted by Gasteiger charge is 2.13. The largest absolute Gasteiger partial charge is 0.347 e. The Labute approximate surface area is 153 Å². The molecule has 1 atom stereocenters. The number of nitrogens with one attached hydrogen (secondary N) is 2. The third-order valence-electron chi connectivity index (χ3n) is 4.06. The molecule has 4 aromatic rings. The van der Waals surface area contributed by atoms with Crippen LogP contribution >= 0.6 is 11.6 Å². The Morgan fingerprint density at radius 1 is 1.23 bits per heavy atom.